The molecule has 1 aliphatic rings. The summed E-state index contributed by atoms with van der Waals surface area (Å²) in [6, 6.07) is 8.23. The van der Waals surface area contributed by atoms with E-state index in [0.29, 0.717) is 24.2 Å². The third-order valence-electron chi connectivity index (χ3n) is 4.51. The van der Waals surface area contributed by atoms with E-state index in [1.165, 1.54) is 5.56 Å². The fraction of sp³-hybridized carbons (Fsp3) is 0.450. The summed E-state index contributed by atoms with van der Waals surface area (Å²) in [4.78, 5) is 22.5. The lowest BCUT2D eigenvalue weighted by Gasteiger charge is -2.32. The van der Waals surface area contributed by atoms with Gasteiger partial charge in [0.1, 0.15) is 11.9 Å². The molecule has 1 fully saturated rings. The predicted octanol–water partition coefficient (Wildman–Crippen LogP) is 3.81. The molecule has 1 saturated heterocycles. The lowest BCUT2D eigenvalue weighted by molar-refractivity contribution is -0.136. The topological polar surface area (TPSA) is 64.5 Å². The number of carbonyl (C=O) groups excluding carboxylic acids is 1. The van der Waals surface area contributed by atoms with Gasteiger partial charge in [-0.15, -0.1) is 0 Å². The molecular formula is C20H24BrN3O3. The van der Waals surface area contributed by atoms with Crippen LogP contribution in [0.25, 0.3) is 0 Å². The summed E-state index contributed by atoms with van der Waals surface area (Å²) >= 11 is 3.30. The van der Waals surface area contributed by atoms with Crippen molar-refractivity contribution in [2.24, 2.45) is 0 Å². The van der Waals surface area contributed by atoms with Gasteiger partial charge in [-0.1, -0.05) is 26.0 Å². The van der Waals surface area contributed by atoms with Crippen molar-refractivity contribution in [3.8, 4) is 11.8 Å². The Morgan fingerprint density at radius 3 is 2.63 bits per heavy atom. The summed E-state index contributed by atoms with van der Waals surface area (Å²) in [5.74, 6) is 1.15. The maximum atomic E-state index is 12.5. The minimum absolute atomic E-state index is 0.0303. The van der Waals surface area contributed by atoms with Gasteiger partial charge >= 0.3 is 6.01 Å². The van der Waals surface area contributed by atoms with Crippen LogP contribution in [0, 0.1) is 0 Å². The number of piperidine rings is 1. The van der Waals surface area contributed by atoms with Crippen LogP contribution < -0.4 is 9.47 Å². The zero-order valence-corrected chi connectivity index (χ0v) is 17.2. The molecule has 7 heteroatoms. The summed E-state index contributed by atoms with van der Waals surface area (Å²) in [5, 5.41) is 0. The van der Waals surface area contributed by atoms with E-state index in [1.807, 2.05) is 24.3 Å². The average molecular weight is 434 g/mol. The van der Waals surface area contributed by atoms with Crippen LogP contribution in [-0.2, 0) is 4.79 Å². The van der Waals surface area contributed by atoms with Crippen LogP contribution in [0.4, 0.5) is 0 Å². The molecule has 1 atom stereocenters. The Kier molecular flexibility index (Phi) is 6.66. The van der Waals surface area contributed by atoms with E-state index in [-0.39, 0.29) is 18.6 Å². The highest BCUT2D eigenvalue weighted by atomic mass is 79.9. The number of rotatable bonds is 6. The van der Waals surface area contributed by atoms with Gasteiger partial charge in [-0.25, -0.2) is 9.97 Å². The summed E-state index contributed by atoms with van der Waals surface area (Å²) < 4.78 is 12.3. The van der Waals surface area contributed by atoms with E-state index >= 15 is 0 Å². The van der Waals surface area contributed by atoms with Crippen LogP contribution in [0.1, 0.15) is 38.2 Å². The summed E-state index contributed by atoms with van der Waals surface area (Å²) in [6.07, 6.45) is 4.95. The number of carbonyl (C=O) groups is 1. The van der Waals surface area contributed by atoms with Gasteiger partial charge in [-0.05, 0) is 52.4 Å². The molecule has 27 heavy (non-hydrogen) atoms. The normalized spacial score (nSPS) is 17.0. The fourth-order valence-corrected chi connectivity index (χ4v) is 3.16. The SMILES string of the molecule is CC(C)c1ccc(OCC(=O)N2CCC[C@H](Oc3ncc(Br)cn3)C2)cc1. The van der Waals surface area contributed by atoms with Gasteiger partial charge in [0.05, 0.1) is 11.0 Å². The van der Waals surface area contributed by atoms with Crippen molar-refractivity contribution < 1.29 is 14.3 Å². The monoisotopic (exact) mass is 433 g/mol. The van der Waals surface area contributed by atoms with Crippen LogP contribution in [-0.4, -0.2) is 46.6 Å². The largest absolute Gasteiger partial charge is 0.484 e. The molecule has 0 unspecified atom stereocenters. The number of hydrogen-bond acceptors (Lipinski definition) is 5. The number of aromatic nitrogens is 2. The number of nitrogens with zero attached hydrogens (tertiary/aromatic N) is 3. The molecule has 1 aromatic carbocycles. The molecule has 6 nitrogen and oxygen atoms in total. The van der Waals surface area contributed by atoms with Gasteiger partial charge in [0.25, 0.3) is 5.91 Å². The van der Waals surface area contributed by atoms with E-state index in [4.69, 9.17) is 9.47 Å². The Balaban J connectivity index is 1.49. The summed E-state index contributed by atoms with van der Waals surface area (Å²) in [6.45, 7) is 5.56. The minimum Gasteiger partial charge on any atom is -0.484 e. The van der Waals surface area contributed by atoms with E-state index in [9.17, 15) is 4.79 Å². The number of likely N-dealkylation sites (tertiary alicyclic amines) is 1. The maximum absolute atomic E-state index is 12.5. The van der Waals surface area contributed by atoms with E-state index in [2.05, 4.69) is 39.7 Å². The van der Waals surface area contributed by atoms with Crippen molar-refractivity contribution in [1.29, 1.82) is 0 Å². The molecule has 3 rings (SSSR count). The Morgan fingerprint density at radius 2 is 1.96 bits per heavy atom. The third kappa shape index (κ3) is 5.66. The highest BCUT2D eigenvalue weighted by Crippen LogP contribution is 2.19. The molecule has 0 spiro atoms. The van der Waals surface area contributed by atoms with Gasteiger partial charge < -0.3 is 14.4 Å². The fourth-order valence-electron chi connectivity index (χ4n) is 2.96. The quantitative estimate of drug-likeness (QED) is 0.692. The Labute approximate surface area is 168 Å². The second-order valence-corrected chi connectivity index (χ2v) is 7.83. The van der Waals surface area contributed by atoms with Gasteiger partial charge in [-0.3, -0.25) is 4.79 Å². The average Bonchev–Trinajstić information content (AvgIpc) is 2.68. The molecule has 0 radical (unpaired) electrons. The summed E-state index contributed by atoms with van der Waals surface area (Å²) in [5.41, 5.74) is 1.25. The van der Waals surface area contributed by atoms with Crippen LogP contribution in [0.3, 0.4) is 0 Å². The highest BCUT2D eigenvalue weighted by molar-refractivity contribution is 9.10. The van der Waals surface area contributed by atoms with E-state index < -0.39 is 0 Å². The molecule has 1 aliphatic heterocycles. The van der Waals surface area contributed by atoms with Crippen LogP contribution in [0.5, 0.6) is 11.8 Å². The Hall–Kier alpha value is -2.15. The first-order valence-electron chi connectivity index (χ1n) is 9.16. The van der Waals surface area contributed by atoms with Crippen molar-refractivity contribution in [1.82, 2.24) is 14.9 Å². The van der Waals surface area contributed by atoms with Crippen molar-refractivity contribution in [2.45, 2.75) is 38.7 Å². The molecule has 0 saturated carbocycles. The Bertz CT molecular complexity index is 750. The number of benzene rings is 1. The van der Waals surface area contributed by atoms with Crippen LogP contribution in [0.2, 0.25) is 0 Å². The van der Waals surface area contributed by atoms with Gasteiger partial charge in [0.2, 0.25) is 0 Å². The second kappa shape index (κ2) is 9.17. The lowest BCUT2D eigenvalue weighted by Crippen LogP contribution is -2.46. The van der Waals surface area contributed by atoms with Gasteiger partial charge in [0.15, 0.2) is 6.61 Å². The first-order chi connectivity index (χ1) is 13.0. The van der Waals surface area contributed by atoms with Crippen molar-refractivity contribution >= 4 is 21.8 Å². The van der Waals surface area contributed by atoms with Gasteiger partial charge in [-0.2, -0.15) is 0 Å². The molecule has 1 amide bonds. The zero-order valence-electron chi connectivity index (χ0n) is 15.6. The van der Waals surface area contributed by atoms with Crippen molar-refractivity contribution in [3.63, 3.8) is 0 Å². The third-order valence-corrected chi connectivity index (χ3v) is 4.92. The predicted molar refractivity (Wildman–Crippen MR) is 106 cm³/mol. The highest BCUT2D eigenvalue weighted by Gasteiger charge is 2.25. The second-order valence-electron chi connectivity index (χ2n) is 6.92. The molecule has 0 bridgehead atoms. The molecule has 2 heterocycles. The molecule has 0 aliphatic carbocycles. The molecule has 144 valence electrons. The zero-order chi connectivity index (χ0) is 19.2. The smallest absolute Gasteiger partial charge is 0.316 e. The van der Waals surface area contributed by atoms with E-state index in [1.54, 1.807) is 17.3 Å². The lowest BCUT2D eigenvalue weighted by atomic mass is 10.0. The van der Waals surface area contributed by atoms with Crippen LogP contribution in [0.15, 0.2) is 41.1 Å². The molecular weight excluding hydrogens is 410 g/mol. The number of hydrogen-bond donors (Lipinski definition) is 0. The van der Waals surface area contributed by atoms with Crippen LogP contribution >= 0.6 is 15.9 Å². The minimum atomic E-state index is -0.103. The van der Waals surface area contributed by atoms with E-state index in [0.717, 1.165) is 23.9 Å². The Morgan fingerprint density at radius 1 is 1.26 bits per heavy atom. The first-order valence-corrected chi connectivity index (χ1v) is 9.95. The molecule has 0 N–H and O–H groups in total. The first kappa shape index (κ1) is 19.6. The van der Waals surface area contributed by atoms with Crippen molar-refractivity contribution in [3.05, 3.63) is 46.7 Å². The van der Waals surface area contributed by atoms with Crippen molar-refractivity contribution in [2.75, 3.05) is 19.7 Å². The maximum Gasteiger partial charge on any atom is 0.316 e. The number of ether oxygens (including phenoxy) is 2. The molecule has 2 aromatic rings. The van der Waals surface area contributed by atoms with Gasteiger partial charge in [0, 0.05) is 18.9 Å². The standard InChI is InChI=1S/C20H24BrN3O3/c1-14(2)15-5-7-17(8-6-15)26-13-19(25)24-9-3-4-18(12-24)27-20-22-10-16(21)11-23-20/h5-8,10-11,14,18H,3-4,9,12-13H2,1-2H3/t18-/m0/s1. The number of halogens is 1. The molecule has 1 aromatic heterocycles. The summed E-state index contributed by atoms with van der Waals surface area (Å²) in [7, 11) is 0. The number of amides is 1.